The van der Waals surface area contributed by atoms with Gasteiger partial charge < -0.3 is 14.9 Å². The van der Waals surface area contributed by atoms with Crippen LogP contribution in [0.15, 0.2) is 42.5 Å². The zero-order chi connectivity index (χ0) is 19.3. The summed E-state index contributed by atoms with van der Waals surface area (Å²) >= 11 is 0. The van der Waals surface area contributed by atoms with Gasteiger partial charge in [-0.1, -0.05) is 12.1 Å². The monoisotopic (exact) mass is 376 g/mol. The average Bonchev–Trinajstić information content (AvgIpc) is 3.39. The lowest BCUT2D eigenvalue weighted by Crippen LogP contribution is -2.32. The molecule has 3 heterocycles. The van der Waals surface area contributed by atoms with Gasteiger partial charge in [-0.25, -0.2) is 9.37 Å². The maximum atomic E-state index is 13.7. The second kappa shape index (κ2) is 6.48. The number of aryl methyl sites for hydroxylation is 1. The number of carbonyl (C=O) groups excluding carboxylic acids is 1. The summed E-state index contributed by atoms with van der Waals surface area (Å²) in [5, 5.41) is 0.783. The number of imidazole rings is 1. The summed E-state index contributed by atoms with van der Waals surface area (Å²) in [6.45, 7) is 2.65. The third-order valence-electron chi connectivity index (χ3n) is 5.71. The van der Waals surface area contributed by atoms with Gasteiger partial charge in [0.2, 0.25) is 5.91 Å². The molecule has 28 heavy (non-hydrogen) atoms. The summed E-state index contributed by atoms with van der Waals surface area (Å²) in [7, 11) is 0. The Balaban J connectivity index is 1.45. The second-order valence-electron chi connectivity index (χ2n) is 7.48. The first-order valence-electron chi connectivity index (χ1n) is 9.61. The number of carbonyl (C=O) groups is 1. The van der Waals surface area contributed by atoms with Crippen molar-refractivity contribution in [1.82, 2.24) is 19.9 Å². The highest BCUT2D eigenvalue weighted by molar-refractivity contribution is 5.90. The molecule has 4 aromatic rings. The Kier molecular flexibility index (Phi) is 3.93. The van der Waals surface area contributed by atoms with Crippen LogP contribution in [0.5, 0.6) is 0 Å². The number of aromatic amines is 2. The van der Waals surface area contributed by atoms with Crippen molar-refractivity contribution in [2.45, 2.75) is 32.2 Å². The number of benzene rings is 2. The molecule has 2 aromatic carbocycles. The predicted octanol–water partition coefficient (Wildman–Crippen LogP) is 4.40. The number of nitrogens with one attached hydrogen (secondary N) is 2. The molecule has 142 valence electrons. The first-order chi connectivity index (χ1) is 13.6. The van der Waals surface area contributed by atoms with Gasteiger partial charge in [0.05, 0.1) is 23.5 Å². The summed E-state index contributed by atoms with van der Waals surface area (Å²) < 4.78 is 13.7. The van der Waals surface area contributed by atoms with Crippen molar-refractivity contribution < 1.29 is 9.18 Å². The van der Waals surface area contributed by atoms with Crippen LogP contribution in [-0.2, 0) is 11.2 Å². The highest BCUT2D eigenvalue weighted by Crippen LogP contribution is 2.33. The van der Waals surface area contributed by atoms with E-state index in [-0.39, 0.29) is 24.2 Å². The fraction of sp³-hybridized carbons (Fsp3) is 0.273. The Hall–Kier alpha value is -3.15. The number of hydrogen-bond donors (Lipinski definition) is 2. The van der Waals surface area contributed by atoms with E-state index in [1.54, 1.807) is 6.07 Å². The molecule has 1 fully saturated rings. The van der Waals surface area contributed by atoms with Crippen molar-refractivity contribution in [3.8, 4) is 0 Å². The zero-order valence-electron chi connectivity index (χ0n) is 15.6. The van der Waals surface area contributed by atoms with Crippen LogP contribution in [0, 0.1) is 12.7 Å². The van der Waals surface area contributed by atoms with Crippen molar-refractivity contribution in [3.05, 3.63) is 65.4 Å². The summed E-state index contributed by atoms with van der Waals surface area (Å²) in [4.78, 5) is 26.4. The first-order valence-corrected chi connectivity index (χ1v) is 9.61. The van der Waals surface area contributed by atoms with Crippen molar-refractivity contribution >= 4 is 27.8 Å². The highest BCUT2D eigenvalue weighted by Gasteiger charge is 2.32. The Morgan fingerprint density at radius 3 is 2.93 bits per heavy atom. The van der Waals surface area contributed by atoms with Gasteiger partial charge in [-0.3, -0.25) is 4.79 Å². The van der Waals surface area contributed by atoms with Gasteiger partial charge in [0, 0.05) is 23.1 Å². The van der Waals surface area contributed by atoms with Gasteiger partial charge in [-0.2, -0.15) is 0 Å². The number of hydrogen-bond acceptors (Lipinski definition) is 2. The molecule has 0 spiro atoms. The van der Waals surface area contributed by atoms with Crippen LogP contribution in [0.3, 0.4) is 0 Å². The minimum Gasteiger partial charge on any atom is -0.358 e. The zero-order valence-corrected chi connectivity index (χ0v) is 15.6. The SMILES string of the molecule is Cc1[nH]c2ccc(F)cc2c1CC(=O)N1CCC[C@@H]1c1nc2ccccc2[nH]1. The number of halogens is 1. The lowest BCUT2D eigenvalue weighted by atomic mass is 10.1. The van der Waals surface area contributed by atoms with E-state index in [2.05, 4.69) is 9.97 Å². The molecule has 1 atom stereocenters. The topological polar surface area (TPSA) is 64.8 Å². The second-order valence-corrected chi connectivity index (χ2v) is 7.48. The maximum Gasteiger partial charge on any atom is 0.227 e. The summed E-state index contributed by atoms with van der Waals surface area (Å²) in [5.41, 5.74) is 4.54. The van der Waals surface area contributed by atoms with Gasteiger partial charge in [-0.05, 0) is 55.7 Å². The van der Waals surface area contributed by atoms with Gasteiger partial charge in [0.15, 0.2) is 0 Å². The molecule has 0 bridgehead atoms. The van der Waals surface area contributed by atoms with Crippen LogP contribution in [-0.4, -0.2) is 32.3 Å². The molecule has 1 aliphatic heterocycles. The Morgan fingerprint density at radius 1 is 1.21 bits per heavy atom. The van der Waals surface area contributed by atoms with Gasteiger partial charge in [0.25, 0.3) is 0 Å². The van der Waals surface area contributed by atoms with Crippen LogP contribution < -0.4 is 0 Å². The van der Waals surface area contributed by atoms with E-state index in [0.717, 1.165) is 58.4 Å². The molecule has 2 N–H and O–H groups in total. The third-order valence-corrected chi connectivity index (χ3v) is 5.71. The molecule has 0 saturated carbocycles. The molecular formula is C22H21FN4O. The van der Waals surface area contributed by atoms with Crippen molar-refractivity contribution in [1.29, 1.82) is 0 Å². The summed E-state index contributed by atoms with van der Waals surface area (Å²) in [5.74, 6) is 0.603. The average molecular weight is 376 g/mol. The number of aromatic nitrogens is 3. The number of para-hydroxylation sites is 2. The van der Waals surface area contributed by atoms with Crippen LogP contribution in [0.1, 0.15) is 36.0 Å². The van der Waals surface area contributed by atoms with E-state index in [9.17, 15) is 9.18 Å². The van der Waals surface area contributed by atoms with E-state index >= 15 is 0 Å². The fourth-order valence-corrected chi connectivity index (χ4v) is 4.32. The predicted molar refractivity (Wildman–Crippen MR) is 106 cm³/mol. The fourth-order valence-electron chi connectivity index (χ4n) is 4.32. The van der Waals surface area contributed by atoms with Crippen molar-refractivity contribution in [2.24, 2.45) is 0 Å². The standard InChI is InChI=1S/C22H21FN4O/c1-13-15(16-11-14(23)8-9-17(16)24-13)12-21(28)27-10-4-7-20(27)22-25-18-5-2-3-6-19(18)26-22/h2-3,5-6,8-9,11,20,24H,4,7,10,12H2,1H3,(H,25,26)/t20-/m1/s1. The molecule has 0 unspecified atom stereocenters. The number of amides is 1. The molecule has 2 aromatic heterocycles. The highest BCUT2D eigenvalue weighted by atomic mass is 19.1. The van der Waals surface area contributed by atoms with Crippen LogP contribution in [0.25, 0.3) is 21.9 Å². The molecule has 1 aliphatic rings. The lowest BCUT2D eigenvalue weighted by Gasteiger charge is -2.23. The van der Waals surface area contributed by atoms with E-state index < -0.39 is 0 Å². The van der Waals surface area contributed by atoms with Gasteiger partial charge in [-0.15, -0.1) is 0 Å². The molecule has 5 nitrogen and oxygen atoms in total. The van der Waals surface area contributed by atoms with Gasteiger partial charge >= 0.3 is 0 Å². The normalized spacial score (nSPS) is 17.1. The summed E-state index contributed by atoms with van der Waals surface area (Å²) in [6, 6.07) is 12.5. The van der Waals surface area contributed by atoms with Crippen LogP contribution in [0.4, 0.5) is 4.39 Å². The van der Waals surface area contributed by atoms with Crippen LogP contribution in [0.2, 0.25) is 0 Å². The van der Waals surface area contributed by atoms with E-state index in [1.807, 2.05) is 36.1 Å². The number of likely N-dealkylation sites (tertiary alicyclic amines) is 1. The Morgan fingerprint density at radius 2 is 2.07 bits per heavy atom. The van der Waals surface area contributed by atoms with Crippen LogP contribution >= 0.6 is 0 Å². The molecule has 1 amide bonds. The van der Waals surface area contributed by atoms with Crippen molar-refractivity contribution in [2.75, 3.05) is 6.54 Å². The number of rotatable bonds is 3. The number of H-pyrrole nitrogens is 2. The van der Waals surface area contributed by atoms with E-state index in [0.29, 0.717) is 0 Å². The van der Waals surface area contributed by atoms with Gasteiger partial charge in [0.1, 0.15) is 11.6 Å². The molecule has 0 radical (unpaired) electrons. The maximum absolute atomic E-state index is 13.7. The number of fused-ring (bicyclic) bond motifs is 2. The lowest BCUT2D eigenvalue weighted by molar-refractivity contribution is -0.131. The Bertz CT molecular complexity index is 1160. The molecular weight excluding hydrogens is 355 g/mol. The summed E-state index contributed by atoms with van der Waals surface area (Å²) in [6.07, 6.45) is 2.11. The largest absolute Gasteiger partial charge is 0.358 e. The molecule has 6 heteroatoms. The quantitative estimate of drug-likeness (QED) is 0.557. The third kappa shape index (κ3) is 2.76. The molecule has 0 aliphatic carbocycles. The minimum atomic E-state index is -0.290. The van der Waals surface area contributed by atoms with Crippen molar-refractivity contribution in [3.63, 3.8) is 0 Å². The van der Waals surface area contributed by atoms with E-state index in [1.165, 1.54) is 12.1 Å². The first kappa shape index (κ1) is 17.0. The molecule has 1 saturated heterocycles. The smallest absolute Gasteiger partial charge is 0.227 e. The Labute approximate surface area is 161 Å². The number of nitrogens with zero attached hydrogens (tertiary/aromatic N) is 2. The minimum absolute atomic E-state index is 0.0397. The molecule has 5 rings (SSSR count). The van der Waals surface area contributed by atoms with E-state index in [4.69, 9.17) is 4.98 Å².